The molecule has 3 rings (SSSR count). The summed E-state index contributed by atoms with van der Waals surface area (Å²) in [4.78, 5) is 20.7. The first-order chi connectivity index (χ1) is 12.5. The van der Waals surface area contributed by atoms with Crippen molar-refractivity contribution in [2.75, 3.05) is 0 Å². The molecule has 0 saturated carbocycles. The van der Waals surface area contributed by atoms with E-state index in [0.29, 0.717) is 12.0 Å². The van der Waals surface area contributed by atoms with Crippen molar-refractivity contribution in [1.29, 1.82) is 0 Å². The largest absolute Gasteiger partial charge is 0.345 e. The Bertz CT molecular complexity index is 914. The summed E-state index contributed by atoms with van der Waals surface area (Å²) in [6.07, 6.45) is 3.73. The number of nitrogens with one attached hydrogen (secondary N) is 1. The number of aromatic nitrogens is 4. The molecule has 1 atom stereocenters. The molecular weight excluding hydrogens is 326 g/mol. The minimum atomic E-state index is -0.155. The van der Waals surface area contributed by atoms with Crippen LogP contribution in [0, 0.1) is 13.8 Å². The normalized spacial score (nSPS) is 12.0. The fraction of sp³-hybridized carbons (Fsp3) is 0.300. The van der Waals surface area contributed by atoms with Crippen molar-refractivity contribution in [3.63, 3.8) is 0 Å². The zero-order chi connectivity index (χ0) is 18.7. The molecule has 6 heteroatoms. The highest BCUT2D eigenvalue weighted by atomic mass is 16.1. The molecule has 134 valence electrons. The van der Waals surface area contributed by atoms with Crippen LogP contribution < -0.4 is 5.32 Å². The lowest BCUT2D eigenvalue weighted by molar-refractivity contribution is 0.0938. The van der Waals surface area contributed by atoms with Gasteiger partial charge in [-0.1, -0.05) is 19.1 Å². The number of carbonyl (C=O) groups excluding carboxylic acids is 1. The quantitative estimate of drug-likeness (QED) is 0.767. The van der Waals surface area contributed by atoms with E-state index in [1.807, 2.05) is 62.7 Å². The summed E-state index contributed by atoms with van der Waals surface area (Å²) in [5, 5.41) is 7.52. The number of rotatable bonds is 5. The van der Waals surface area contributed by atoms with E-state index >= 15 is 0 Å². The number of benzene rings is 1. The van der Waals surface area contributed by atoms with Crippen molar-refractivity contribution in [2.45, 2.75) is 40.2 Å². The maximum atomic E-state index is 12.5. The van der Waals surface area contributed by atoms with Crippen LogP contribution in [0.15, 0.2) is 42.9 Å². The summed E-state index contributed by atoms with van der Waals surface area (Å²) in [5.41, 5.74) is 5.39. The lowest BCUT2D eigenvalue weighted by Crippen LogP contribution is -2.28. The van der Waals surface area contributed by atoms with E-state index in [4.69, 9.17) is 0 Å². The first kappa shape index (κ1) is 17.8. The summed E-state index contributed by atoms with van der Waals surface area (Å²) >= 11 is 0. The van der Waals surface area contributed by atoms with Crippen LogP contribution in [0.2, 0.25) is 0 Å². The van der Waals surface area contributed by atoms with Gasteiger partial charge >= 0.3 is 0 Å². The maximum Gasteiger partial charge on any atom is 0.255 e. The van der Waals surface area contributed by atoms with Crippen LogP contribution in [-0.4, -0.2) is 25.7 Å². The van der Waals surface area contributed by atoms with E-state index in [-0.39, 0.29) is 11.9 Å². The molecule has 2 heterocycles. The number of amides is 1. The Labute approximate surface area is 153 Å². The van der Waals surface area contributed by atoms with Gasteiger partial charge in [-0.2, -0.15) is 5.10 Å². The van der Waals surface area contributed by atoms with Gasteiger partial charge in [0.15, 0.2) is 0 Å². The number of nitrogens with zero attached hydrogens (tertiary/aromatic N) is 4. The Hall–Kier alpha value is -3.02. The Balaban J connectivity index is 1.75. The summed E-state index contributed by atoms with van der Waals surface area (Å²) in [7, 11) is 0. The minimum Gasteiger partial charge on any atom is -0.345 e. The van der Waals surface area contributed by atoms with E-state index in [9.17, 15) is 4.79 Å². The van der Waals surface area contributed by atoms with E-state index in [1.165, 1.54) is 6.33 Å². The van der Waals surface area contributed by atoms with Gasteiger partial charge < -0.3 is 5.32 Å². The minimum absolute atomic E-state index is 0.123. The van der Waals surface area contributed by atoms with Gasteiger partial charge in [0.05, 0.1) is 28.7 Å². The lowest BCUT2D eigenvalue weighted by atomic mass is 10.1. The van der Waals surface area contributed by atoms with Crippen LogP contribution in [0.1, 0.15) is 52.9 Å². The van der Waals surface area contributed by atoms with Crippen LogP contribution in [0.3, 0.4) is 0 Å². The smallest absolute Gasteiger partial charge is 0.255 e. The Morgan fingerprint density at radius 2 is 1.96 bits per heavy atom. The summed E-state index contributed by atoms with van der Waals surface area (Å²) in [6, 6.07) is 9.98. The molecule has 0 saturated heterocycles. The standard InChI is InChI=1S/C20H23N5O/c1-5-19-18(11-21-12-22-19)20(26)23-15(4)16-6-8-17(9-7-16)25-14(3)10-13(2)24-25/h6-12,15H,5H2,1-4H3,(H,23,26)/t15-/m1/s1. The third kappa shape index (κ3) is 3.64. The van der Waals surface area contributed by atoms with Crippen molar-refractivity contribution in [1.82, 2.24) is 25.1 Å². The van der Waals surface area contributed by atoms with Crippen LogP contribution in [0.4, 0.5) is 0 Å². The molecule has 2 aromatic heterocycles. The van der Waals surface area contributed by atoms with Crippen LogP contribution >= 0.6 is 0 Å². The van der Waals surface area contributed by atoms with Crippen molar-refractivity contribution in [2.24, 2.45) is 0 Å². The van der Waals surface area contributed by atoms with Crippen LogP contribution in [0.5, 0.6) is 0 Å². The molecule has 1 aromatic carbocycles. The number of hydrogen-bond acceptors (Lipinski definition) is 4. The topological polar surface area (TPSA) is 72.7 Å². The predicted octanol–water partition coefficient (Wildman–Crippen LogP) is 3.33. The third-order valence-corrected chi connectivity index (χ3v) is 4.37. The number of carbonyl (C=O) groups is 1. The second-order valence-corrected chi connectivity index (χ2v) is 6.36. The van der Waals surface area contributed by atoms with Crippen molar-refractivity contribution in [3.05, 3.63) is 71.1 Å². The van der Waals surface area contributed by atoms with Gasteiger partial charge in [-0.3, -0.25) is 4.79 Å². The zero-order valence-electron chi connectivity index (χ0n) is 15.5. The Kier molecular flexibility index (Phi) is 5.11. The van der Waals surface area contributed by atoms with Gasteiger partial charge in [0.25, 0.3) is 5.91 Å². The fourth-order valence-corrected chi connectivity index (χ4v) is 2.98. The molecule has 0 fully saturated rings. The van der Waals surface area contributed by atoms with Gasteiger partial charge in [-0.05, 0) is 51.0 Å². The molecule has 1 N–H and O–H groups in total. The fourth-order valence-electron chi connectivity index (χ4n) is 2.98. The van der Waals surface area contributed by atoms with Gasteiger partial charge in [0.2, 0.25) is 0 Å². The second kappa shape index (κ2) is 7.47. The Morgan fingerprint density at radius 1 is 1.23 bits per heavy atom. The van der Waals surface area contributed by atoms with Crippen LogP contribution in [0.25, 0.3) is 5.69 Å². The van der Waals surface area contributed by atoms with Crippen molar-refractivity contribution >= 4 is 5.91 Å². The van der Waals surface area contributed by atoms with Gasteiger partial charge in [0, 0.05) is 11.9 Å². The molecular formula is C20H23N5O. The molecule has 0 bridgehead atoms. The molecule has 6 nitrogen and oxygen atoms in total. The van der Waals surface area contributed by atoms with E-state index < -0.39 is 0 Å². The molecule has 1 amide bonds. The molecule has 0 aliphatic heterocycles. The second-order valence-electron chi connectivity index (χ2n) is 6.36. The Morgan fingerprint density at radius 3 is 2.58 bits per heavy atom. The summed E-state index contributed by atoms with van der Waals surface area (Å²) < 4.78 is 1.91. The molecule has 0 aliphatic rings. The monoisotopic (exact) mass is 349 g/mol. The van der Waals surface area contributed by atoms with Crippen molar-refractivity contribution < 1.29 is 4.79 Å². The lowest BCUT2D eigenvalue weighted by Gasteiger charge is -2.16. The third-order valence-electron chi connectivity index (χ3n) is 4.37. The van der Waals surface area contributed by atoms with E-state index in [2.05, 4.69) is 20.4 Å². The highest BCUT2D eigenvalue weighted by Crippen LogP contribution is 2.18. The number of hydrogen-bond donors (Lipinski definition) is 1. The van der Waals surface area contributed by atoms with E-state index in [1.54, 1.807) is 6.20 Å². The molecule has 0 aliphatic carbocycles. The average Bonchev–Trinajstić information content (AvgIpc) is 2.99. The SMILES string of the molecule is CCc1ncncc1C(=O)N[C@H](C)c1ccc(-n2nc(C)cc2C)cc1. The molecule has 0 radical (unpaired) electrons. The highest BCUT2D eigenvalue weighted by Gasteiger charge is 2.15. The predicted molar refractivity (Wildman–Crippen MR) is 100 cm³/mol. The maximum absolute atomic E-state index is 12.5. The first-order valence-corrected chi connectivity index (χ1v) is 8.73. The average molecular weight is 349 g/mol. The molecule has 0 spiro atoms. The first-order valence-electron chi connectivity index (χ1n) is 8.73. The van der Waals surface area contributed by atoms with Crippen LogP contribution in [-0.2, 0) is 6.42 Å². The molecule has 26 heavy (non-hydrogen) atoms. The zero-order valence-corrected chi connectivity index (χ0v) is 15.5. The highest BCUT2D eigenvalue weighted by molar-refractivity contribution is 5.95. The van der Waals surface area contributed by atoms with E-state index in [0.717, 1.165) is 28.3 Å². The van der Waals surface area contributed by atoms with Gasteiger partial charge in [0.1, 0.15) is 6.33 Å². The summed E-state index contributed by atoms with van der Waals surface area (Å²) in [5.74, 6) is -0.155. The summed E-state index contributed by atoms with van der Waals surface area (Å²) in [6.45, 7) is 7.95. The molecule has 0 unspecified atom stereocenters. The molecule has 3 aromatic rings. The van der Waals surface area contributed by atoms with Gasteiger partial charge in [-0.25, -0.2) is 14.6 Å². The number of aryl methyl sites for hydroxylation is 3. The van der Waals surface area contributed by atoms with Gasteiger partial charge in [-0.15, -0.1) is 0 Å². The van der Waals surface area contributed by atoms with Crippen molar-refractivity contribution in [3.8, 4) is 5.69 Å².